The van der Waals surface area contributed by atoms with Gasteiger partial charge in [0.25, 0.3) is 5.91 Å². The lowest BCUT2D eigenvalue weighted by atomic mass is 9.82. The second-order valence-corrected chi connectivity index (χ2v) is 8.85. The Bertz CT molecular complexity index is 1330. The van der Waals surface area contributed by atoms with Crippen LogP contribution in [0.5, 0.6) is 0 Å². The van der Waals surface area contributed by atoms with Crippen molar-refractivity contribution >= 4 is 22.5 Å². The summed E-state index contributed by atoms with van der Waals surface area (Å²) in [4.78, 5) is 19.9. The van der Waals surface area contributed by atoms with Crippen molar-refractivity contribution < 1.29 is 4.79 Å². The number of fused-ring (bicyclic) bond motifs is 5. The van der Waals surface area contributed by atoms with E-state index in [1.807, 2.05) is 35.2 Å². The minimum Gasteiger partial charge on any atom is -0.372 e. The van der Waals surface area contributed by atoms with E-state index < -0.39 is 0 Å². The van der Waals surface area contributed by atoms with Gasteiger partial charge in [-0.2, -0.15) is 0 Å². The number of carbonyl (C=O) groups is 1. The largest absolute Gasteiger partial charge is 0.372 e. The fourth-order valence-corrected chi connectivity index (χ4v) is 5.34. The first-order valence-electron chi connectivity index (χ1n) is 11.4. The minimum absolute atomic E-state index is 0.0732. The standard InChI is InChI=1S/C27H26N4O/c1-2-19-10-11-23-22(18-19)29-27(24-9-5-15-31(23)24)12-16-30(17-13-27)26(32)21-8-3-6-20-7-4-14-28-25(20)21/h3-11,14-15,18,29H,2,12-13,16-17H2,1H3. The Morgan fingerprint density at radius 1 is 1.06 bits per heavy atom. The van der Waals surface area contributed by atoms with Gasteiger partial charge in [0.05, 0.1) is 28.0 Å². The number of para-hydroxylation sites is 1. The molecule has 1 saturated heterocycles. The summed E-state index contributed by atoms with van der Waals surface area (Å²) in [7, 11) is 0. The van der Waals surface area contributed by atoms with Crippen LogP contribution < -0.4 is 5.32 Å². The molecule has 2 aliphatic heterocycles. The smallest absolute Gasteiger partial charge is 0.256 e. The Morgan fingerprint density at radius 2 is 1.91 bits per heavy atom. The van der Waals surface area contributed by atoms with Gasteiger partial charge in [-0.05, 0) is 61.2 Å². The van der Waals surface area contributed by atoms with Gasteiger partial charge in [0.15, 0.2) is 0 Å². The maximum Gasteiger partial charge on any atom is 0.256 e. The fraction of sp³-hybridized carbons (Fsp3) is 0.259. The van der Waals surface area contributed by atoms with Gasteiger partial charge < -0.3 is 14.8 Å². The van der Waals surface area contributed by atoms with Crippen LogP contribution in [0.25, 0.3) is 16.6 Å². The van der Waals surface area contributed by atoms with Crippen LogP contribution in [0.3, 0.4) is 0 Å². The van der Waals surface area contributed by atoms with Crippen molar-refractivity contribution in [3.8, 4) is 5.69 Å². The number of amides is 1. The number of likely N-dealkylation sites (tertiary alicyclic amines) is 1. The molecule has 2 aliphatic rings. The predicted molar refractivity (Wildman–Crippen MR) is 127 cm³/mol. The van der Waals surface area contributed by atoms with Gasteiger partial charge in [-0.15, -0.1) is 0 Å². The highest BCUT2D eigenvalue weighted by Gasteiger charge is 2.42. The van der Waals surface area contributed by atoms with E-state index in [0.717, 1.165) is 30.2 Å². The first kappa shape index (κ1) is 19.1. The molecule has 2 aromatic heterocycles. The molecule has 0 unspecified atom stereocenters. The summed E-state index contributed by atoms with van der Waals surface area (Å²) in [5.41, 5.74) is 6.32. The van der Waals surface area contributed by atoms with Crippen molar-refractivity contribution in [1.29, 1.82) is 0 Å². The average molecular weight is 423 g/mol. The highest BCUT2D eigenvalue weighted by Crippen LogP contribution is 2.44. The molecule has 6 rings (SSSR count). The first-order valence-corrected chi connectivity index (χ1v) is 11.4. The monoisotopic (exact) mass is 422 g/mol. The maximum absolute atomic E-state index is 13.4. The Balaban J connectivity index is 1.30. The van der Waals surface area contributed by atoms with Crippen LogP contribution in [0, 0.1) is 0 Å². The maximum atomic E-state index is 13.4. The summed E-state index contributed by atoms with van der Waals surface area (Å²) in [6, 6.07) is 20.8. The molecule has 5 heteroatoms. The number of benzene rings is 2. The number of aryl methyl sites for hydroxylation is 1. The number of hydrogen-bond donors (Lipinski definition) is 1. The second-order valence-electron chi connectivity index (χ2n) is 8.85. The molecule has 1 amide bonds. The second kappa shape index (κ2) is 7.23. The number of anilines is 1. The van der Waals surface area contributed by atoms with Crippen LogP contribution in [0.1, 0.15) is 41.4 Å². The summed E-state index contributed by atoms with van der Waals surface area (Å²) < 4.78 is 2.32. The average Bonchev–Trinajstić information content (AvgIpc) is 3.35. The zero-order chi connectivity index (χ0) is 21.7. The molecule has 5 nitrogen and oxygen atoms in total. The Hall–Kier alpha value is -3.60. The fourth-order valence-electron chi connectivity index (χ4n) is 5.34. The van der Waals surface area contributed by atoms with Gasteiger partial charge in [-0.25, -0.2) is 0 Å². The lowest BCUT2D eigenvalue weighted by molar-refractivity contribution is 0.0678. The number of nitrogens with one attached hydrogen (secondary N) is 1. The topological polar surface area (TPSA) is 50.2 Å². The normalized spacial score (nSPS) is 16.5. The summed E-state index contributed by atoms with van der Waals surface area (Å²) in [5, 5.41) is 4.89. The first-order chi connectivity index (χ1) is 15.7. The summed E-state index contributed by atoms with van der Waals surface area (Å²) >= 11 is 0. The van der Waals surface area contributed by atoms with E-state index >= 15 is 0 Å². The Labute approximate surface area is 187 Å². The zero-order valence-corrected chi connectivity index (χ0v) is 18.2. The molecule has 0 atom stereocenters. The van der Waals surface area contributed by atoms with Gasteiger partial charge in [-0.3, -0.25) is 9.78 Å². The van der Waals surface area contributed by atoms with Crippen LogP contribution in [-0.2, 0) is 12.0 Å². The molecule has 4 aromatic rings. The number of nitrogens with zero attached hydrogens (tertiary/aromatic N) is 3. The van der Waals surface area contributed by atoms with Crippen LogP contribution in [0.2, 0.25) is 0 Å². The lowest BCUT2D eigenvalue weighted by Crippen LogP contribution is -2.51. The van der Waals surface area contributed by atoms with Crippen molar-refractivity contribution in [3.63, 3.8) is 0 Å². The van der Waals surface area contributed by atoms with Gasteiger partial charge in [-0.1, -0.05) is 31.2 Å². The Morgan fingerprint density at radius 3 is 2.75 bits per heavy atom. The third-order valence-electron chi connectivity index (χ3n) is 7.11. The molecule has 160 valence electrons. The molecule has 1 N–H and O–H groups in total. The molecule has 0 aliphatic carbocycles. The number of carbonyl (C=O) groups excluding carboxylic acids is 1. The molecule has 2 aromatic carbocycles. The Kier molecular flexibility index (Phi) is 4.32. The third-order valence-corrected chi connectivity index (χ3v) is 7.11. The van der Waals surface area contributed by atoms with E-state index in [0.29, 0.717) is 18.7 Å². The van der Waals surface area contributed by atoms with Crippen LogP contribution in [0.4, 0.5) is 5.69 Å². The molecular weight excluding hydrogens is 396 g/mol. The summed E-state index contributed by atoms with van der Waals surface area (Å²) in [6.45, 7) is 3.61. The summed E-state index contributed by atoms with van der Waals surface area (Å²) in [5.74, 6) is 0.0732. The molecule has 32 heavy (non-hydrogen) atoms. The highest BCUT2D eigenvalue weighted by molar-refractivity contribution is 6.05. The molecule has 0 radical (unpaired) electrons. The van der Waals surface area contributed by atoms with Crippen molar-refractivity contribution in [2.24, 2.45) is 0 Å². The molecule has 1 spiro atoms. The number of aromatic nitrogens is 2. The molecule has 4 heterocycles. The van der Waals surface area contributed by atoms with E-state index in [1.165, 1.54) is 22.6 Å². The minimum atomic E-state index is -0.156. The highest BCUT2D eigenvalue weighted by atomic mass is 16.2. The zero-order valence-electron chi connectivity index (χ0n) is 18.2. The SMILES string of the molecule is CCc1ccc2c(c1)NC1(CCN(C(=O)c3cccc4cccnc34)CC1)c1cccn1-2. The molecule has 1 fully saturated rings. The predicted octanol–water partition coefficient (Wildman–Crippen LogP) is 5.14. The van der Waals surface area contributed by atoms with Crippen molar-refractivity contribution in [2.45, 2.75) is 31.7 Å². The number of hydrogen-bond acceptors (Lipinski definition) is 3. The van der Waals surface area contributed by atoms with Gasteiger partial charge in [0.1, 0.15) is 0 Å². The summed E-state index contributed by atoms with van der Waals surface area (Å²) in [6.07, 6.45) is 6.67. The van der Waals surface area contributed by atoms with E-state index in [9.17, 15) is 4.79 Å². The van der Waals surface area contributed by atoms with E-state index in [2.05, 4.69) is 58.3 Å². The van der Waals surface area contributed by atoms with Crippen molar-refractivity contribution in [2.75, 3.05) is 18.4 Å². The van der Waals surface area contributed by atoms with E-state index in [-0.39, 0.29) is 11.4 Å². The van der Waals surface area contributed by atoms with Gasteiger partial charge in [0, 0.05) is 36.6 Å². The van der Waals surface area contributed by atoms with Crippen molar-refractivity contribution in [3.05, 3.63) is 89.9 Å². The third kappa shape index (κ3) is 2.84. The lowest BCUT2D eigenvalue weighted by Gasteiger charge is -2.46. The van der Waals surface area contributed by atoms with Gasteiger partial charge >= 0.3 is 0 Å². The van der Waals surface area contributed by atoms with Gasteiger partial charge in [0.2, 0.25) is 0 Å². The molecule has 0 saturated carbocycles. The molecule has 0 bridgehead atoms. The van der Waals surface area contributed by atoms with Crippen LogP contribution in [-0.4, -0.2) is 33.4 Å². The quantitative estimate of drug-likeness (QED) is 0.486. The number of piperidine rings is 1. The van der Waals surface area contributed by atoms with Crippen LogP contribution >= 0.6 is 0 Å². The van der Waals surface area contributed by atoms with Crippen molar-refractivity contribution in [1.82, 2.24) is 14.5 Å². The molecular formula is C27H26N4O. The number of rotatable bonds is 2. The number of pyridine rings is 1. The van der Waals surface area contributed by atoms with E-state index in [4.69, 9.17) is 0 Å². The van der Waals surface area contributed by atoms with Crippen LogP contribution in [0.15, 0.2) is 73.1 Å². The van der Waals surface area contributed by atoms with E-state index in [1.54, 1.807) is 6.20 Å².